The molecular formula is C19H35N3O2. The van der Waals surface area contributed by atoms with Crippen LogP contribution < -0.4 is 5.73 Å². The number of carbonyl (C=O) groups is 1. The van der Waals surface area contributed by atoms with Gasteiger partial charge in [0.2, 0.25) is 5.91 Å². The van der Waals surface area contributed by atoms with Crippen molar-refractivity contribution in [2.75, 3.05) is 32.7 Å². The fourth-order valence-electron chi connectivity index (χ4n) is 4.84. The van der Waals surface area contributed by atoms with Crippen molar-refractivity contribution in [3.63, 3.8) is 0 Å². The number of amides is 1. The molecule has 0 aromatic rings. The van der Waals surface area contributed by atoms with Gasteiger partial charge in [-0.2, -0.15) is 0 Å². The molecular weight excluding hydrogens is 302 g/mol. The number of hydrogen-bond donors (Lipinski definition) is 1. The van der Waals surface area contributed by atoms with E-state index < -0.39 is 0 Å². The second-order valence-corrected chi connectivity index (χ2v) is 8.37. The number of nitrogens with two attached hydrogens (primary N) is 1. The van der Waals surface area contributed by atoms with Crippen molar-refractivity contribution in [3.05, 3.63) is 0 Å². The summed E-state index contributed by atoms with van der Waals surface area (Å²) in [5, 5.41) is 0. The van der Waals surface area contributed by atoms with Crippen LogP contribution in [0.15, 0.2) is 0 Å². The van der Waals surface area contributed by atoms with E-state index in [1.807, 2.05) is 0 Å². The second-order valence-electron chi connectivity index (χ2n) is 8.37. The molecule has 2 heterocycles. The van der Waals surface area contributed by atoms with Gasteiger partial charge in [-0.15, -0.1) is 0 Å². The number of ether oxygens (including phenoxy) is 1. The smallest absolute Gasteiger partial charge is 0.225 e. The largest absolute Gasteiger partial charge is 0.373 e. The van der Waals surface area contributed by atoms with Crippen molar-refractivity contribution >= 4 is 5.91 Å². The highest BCUT2D eigenvalue weighted by Gasteiger charge is 2.32. The maximum absolute atomic E-state index is 12.7. The monoisotopic (exact) mass is 337 g/mol. The lowest BCUT2D eigenvalue weighted by atomic mass is 9.84. The normalized spacial score (nSPS) is 36.7. The van der Waals surface area contributed by atoms with Gasteiger partial charge in [0.25, 0.3) is 0 Å². The first kappa shape index (κ1) is 18.2. The maximum atomic E-state index is 12.7. The average Bonchev–Trinajstić information content (AvgIpc) is 2.54. The molecule has 1 amide bonds. The summed E-state index contributed by atoms with van der Waals surface area (Å²) >= 11 is 0. The molecule has 5 nitrogen and oxygen atoms in total. The molecule has 0 bridgehead atoms. The molecule has 4 unspecified atom stereocenters. The van der Waals surface area contributed by atoms with Crippen LogP contribution in [0.4, 0.5) is 0 Å². The molecule has 0 spiro atoms. The van der Waals surface area contributed by atoms with E-state index in [4.69, 9.17) is 10.5 Å². The predicted octanol–water partition coefficient (Wildman–Crippen LogP) is 1.85. The van der Waals surface area contributed by atoms with Crippen molar-refractivity contribution in [2.45, 2.75) is 70.6 Å². The Morgan fingerprint density at radius 3 is 2.38 bits per heavy atom. The van der Waals surface area contributed by atoms with Gasteiger partial charge in [0, 0.05) is 44.7 Å². The lowest BCUT2D eigenvalue weighted by molar-refractivity contribution is -0.138. The fraction of sp³-hybridized carbons (Fsp3) is 0.947. The van der Waals surface area contributed by atoms with Gasteiger partial charge in [-0.3, -0.25) is 9.69 Å². The molecule has 138 valence electrons. The van der Waals surface area contributed by atoms with Crippen LogP contribution in [0, 0.1) is 11.8 Å². The molecule has 2 N–H and O–H groups in total. The molecule has 1 saturated carbocycles. The van der Waals surface area contributed by atoms with Crippen LogP contribution in [0.1, 0.15) is 52.4 Å². The van der Waals surface area contributed by atoms with Crippen molar-refractivity contribution in [1.82, 2.24) is 9.80 Å². The third-order valence-corrected chi connectivity index (χ3v) is 6.00. The summed E-state index contributed by atoms with van der Waals surface area (Å²) in [5.41, 5.74) is 6.05. The Bertz CT molecular complexity index is 413. The number of rotatable bonds is 3. The van der Waals surface area contributed by atoms with Crippen molar-refractivity contribution in [2.24, 2.45) is 17.6 Å². The Balaban J connectivity index is 1.43. The van der Waals surface area contributed by atoms with Crippen molar-refractivity contribution < 1.29 is 9.53 Å². The molecule has 5 heteroatoms. The van der Waals surface area contributed by atoms with Crippen LogP contribution in [-0.4, -0.2) is 66.7 Å². The van der Waals surface area contributed by atoms with E-state index in [1.165, 1.54) is 0 Å². The standard InChI is InChI=1S/C19H35N3O2/c1-14-11-21(12-15(2)24-14)13-16-6-8-22(9-7-16)19(23)17-4-3-5-18(20)10-17/h14-18H,3-13,20H2,1-2H3. The summed E-state index contributed by atoms with van der Waals surface area (Å²) < 4.78 is 5.83. The molecule has 3 rings (SSSR count). The van der Waals surface area contributed by atoms with Gasteiger partial charge < -0.3 is 15.4 Å². The summed E-state index contributed by atoms with van der Waals surface area (Å²) in [7, 11) is 0. The van der Waals surface area contributed by atoms with Gasteiger partial charge in [-0.1, -0.05) is 6.42 Å². The van der Waals surface area contributed by atoms with Crippen molar-refractivity contribution in [1.29, 1.82) is 0 Å². The molecule has 2 saturated heterocycles. The summed E-state index contributed by atoms with van der Waals surface area (Å²) in [6.45, 7) is 9.45. The van der Waals surface area contributed by atoms with Crippen LogP contribution in [0.25, 0.3) is 0 Å². The molecule has 3 fully saturated rings. The highest BCUT2D eigenvalue weighted by atomic mass is 16.5. The first-order valence-corrected chi connectivity index (χ1v) is 9.93. The zero-order valence-corrected chi connectivity index (χ0v) is 15.5. The average molecular weight is 338 g/mol. The lowest BCUT2D eigenvalue weighted by Gasteiger charge is -2.40. The van der Waals surface area contributed by atoms with Crippen LogP contribution in [-0.2, 0) is 9.53 Å². The van der Waals surface area contributed by atoms with E-state index in [0.717, 1.165) is 77.2 Å². The quantitative estimate of drug-likeness (QED) is 0.854. The van der Waals surface area contributed by atoms with E-state index in [-0.39, 0.29) is 12.0 Å². The lowest BCUT2D eigenvalue weighted by Crippen LogP contribution is -2.49. The third-order valence-electron chi connectivity index (χ3n) is 6.00. The minimum Gasteiger partial charge on any atom is -0.373 e. The number of carbonyl (C=O) groups excluding carboxylic acids is 1. The Labute approximate surface area is 146 Å². The number of hydrogen-bond acceptors (Lipinski definition) is 4. The molecule has 4 atom stereocenters. The van der Waals surface area contributed by atoms with Crippen LogP contribution in [0.2, 0.25) is 0 Å². The molecule has 0 aromatic heterocycles. The van der Waals surface area contributed by atoms with Crippen LogP contribution in [0.5, 0.6) is 0 Å². The second kappa shape index (κ2) is 8.15. The summed E-state index contributed by atoms with van der Waals surface area (Å²) in [4.78, 5) is 17.4. The zero-order valence-electron chi connectivity index (χ0n) is 15.5. The third kappa shape index (κ3) is 4.70. The van der Waals surface area contributed by atoms with Crippen LogP contribution >= 0.6 is 0 Å². The predicted molar refractivity (Wildman–Crippen MR) is 95.7 cm³/mol. The minimum absolute atomic E-state index is 0.186. The summed E-state index contributed by atoms with van der Waals surface area (Å²) in [6, 6.07) is 0.232. The molecule has 3 aliphatic rings. The van der Waals surface area contributed by atoms with Gasteiger partial charge in [0.1, 0.15) is 0 Å². The Kier molecular flexibility index (Phi) is 6.17. The van der Waals surface area contributed by atoms with Gasteiger partial charge in [0.15, 0.2) is 0 Å². The van der Waals surface area contributed by atoms with Crippen LogP contribution in [0.3, 0.4) is 0 Å². The Morgan fingerprint density at radius 1 is 1.08 bits per heavy atom. The highest BCUT2D eigenvalue weighted by molar-refractivity contribution is 5.79. The SMILES string of the molecule is CC1CN(CC2CCN(C(=O)C3CCCC(N)C3)CC2)CC(C)O1. The molecule has 24 heavy (non-hydrogen) atoms. The van der Waals surface area contributed by atoms with Gasteiger partial charge in [0.05, 0.1) is 12.2 Å². The summed E-state index contributed by atoms with van der Waals surface area (Å²) in [5.74, 6) is 1.28. The minimum atomic E-state index is 0.186. The zero-order chi connectivity index (χ0) is 17.1. The molecule has 2 aliphatic heterocycles. The maximum Gasteiger partial charge on any atom is 0.225 e. The van der Waals surface area contributed by atoms with Gasteiger partial charge in [-0.05, 0) is 51.9 Å². The highest BCUT2D eigenvalue weighted by Crippen LogP contribution is 2.27. The van der Waals surface area contributed by atoms with Crippen molar-refractivity contribution in [3.8, 4) is 0 Å². The summed E-state index contributed by atoms with van der Waals surface area (Å²) in [6.07, 6.45) is 7.09. The molecule has 0 aromatic carbocycles. The number of likely N-dealkylation sites (tertiary alicyclic amines) is 1. The van der Waals surface area contributed by atoms with E-state index in [2.05, 4.69) is 23.6 Å². The first-order chi connectivity index (χ1) is 11.5. The fourth-order valence-corrected chi connectivity index (χ4v) is 4.84. The van der Waals surface area contributed by atoms with E-state index in [1.54, 1.807) is 0 Å². The topological polar surface area (TPSA) is 58.8 Å². The molecule has 0 radical (unpaired) electrons. The number of morpholine rings is 1. The first-order valence-electron chi connectivity index (χ1n) is 9.93. The Hall–Kier alpha value is -0.650. The molecule has 1 aliphatic carbocycles. The van der Waals surface area contributed by atoms with E-state index in [0.29, 0.717) is 18.1 Å². The Morgan fingerprint density at radius 2 is 1.75 bits per heavy atom. The van der Waals surface area contributed by atoms with E-state index in [9.17, 15) is 4.79 Å². The van der Waals surface area contributed by atoms with Gasteiger partial charge >= 0.3 is 0 Å². The number of nitrogens with zero attached hydrogens (tertiary/aromatic N) is 2. The number of piperidine rings is 1. The van der Waals surface area contributed by atoms with Gasteiger partial charge in [-0.25, -0.2) is 0 Å². The van der Waals surface area contributed by atoms with E-state index >= 15 is 0 Å².